The van der Waals surface area contributed by atoms with Crippen LogP contribution in [0.1, 0.15) is 26.5 Å². The molecule has 0 amide bonds. The van der Waals surface area contributed by atoms with E-state index in [2.05, 4.69) is 21.8 Å². The molecule has 0 aliphatic carbocycles. The van der Waals surface area contributed by atoms with E-state index in [-0.39, 0.29) is 48.6 Å². The number of methoxy groups -OCH3 is 1. The van der Waals surface area contributed by atoms with E-state index in [1.54, 1.807) is 42.5 Å². The molecule has 0 N–H and O–H groups in total. The van der Waals surface area contributed by atoms with Gasteiger partial charge < -0.3 is 17.9 Å². The zero-order valence-electron chi connectivity index (χ0n) is 15.5. The Bertz CT molecular complexity index is 1220. The Kier molecular flexibility index (Phi) is 8.19. The van der Waals surface area contributed by atoms with Crippen LogP contribution >= 0.6 is 0 Å². The first-order chi connectivity index (χ1) is 14.0. The predicted molar refractivity (Wildman–Crippen MR) is 103 cm³/mol. The maximum Gasteiger partial charge on any atom is 0.360 e. The number of aromatic nitrogens is 2. The standard InChI is InChI=1S/C20H13N2O6S.Re/c1-27-20(24)17-18(28-19(23)13-7-3-2-4-8-13)16-14(9-5-11-21-16)15(22-17)10-6-12-29(25)26;/h2-5,7-9,11H,12H2,1H3;/q-1;. The van der Waals surface area contributed by atoms with Crippen molar-refractivity contribution in [1.29, 1.82) is 0 Å². The number of hydrogen-bond donors (Lipinski definition) is 0. The van der Waals surface area contributed by atoms with Crippen LogP contribution in [0.2, 0.25) is 0 Å². The van der Waals surface area contributed by atoms with E-state index in [1.165, 1.54) is 6.20 Å². The molecule has 0 aliphatic rings. The molecule has 10 heteroatoms. The van der Waals surface area contributed by atoms with Gasteiger partial charge in [0.05, 0.1) is 12.7 Å². The summed E-state index contributed by atoms with van der Waals surface area (Å²) in [6.45, 7) is 0. The molecule has 8 nitrogen and oxygen atoms in total. The smallest absolute Gasteiger partial charge is 0.360 e. The number of nitrogens with zero attached hydrogens (tertiary/aromatic N) is 2. The van der Waals surface area contributed by atoms with Gasteiger partial charge in [0.15, 0.2) is 11.4 Å². The van der Waals surface area contributed by atoms with Gasteiger partial charge in [-0.2, -0.15) is 0 Å². The SMILES string of the molecule is COC(=O)c1nc(C#CC[S-](=O)=O)c2cccnc2c1OC(=O)c1ccccc1.[Re]. The number of carbonyl (C=O) groups excluding carboxylic acids is 2. The van der Waals surface area contributed by atoms with Crippen LogP contribution in [-0.4, -0.2) is 34.8 Å². The van der Waals surface area contributed by atoms with Crippen molar-refractivity contribution in [2.75, 3.05) is 12.9 Å². The van der Waals surface area contributed by atoms with E-state index in [1.807, 2.05) is 0 Å². The molecule has 0 atom stereocenters. The van der Waals surface area contributed by atoms with E-state index in [4.69, 9.17) is 9.47 Å². The normalized spacial score (nSPS) is 9.93. The summed E-state index contributed by atoms with van der Waals surface area (Å²) in [5, 5.41) is 0.389. The summed E-state index contributed by atoms with van der Waals surface area (Å²) in [6, 6.07) is 11.4. The zero-order chi connectivity index (χ0) is 20.8. The summed E-state index contributed by atoms with van der Waals surface area (Å²) in [7, 11) is -1.20. The van der Waals surface area contributed by atoms with Gasteiger partial charge in [-0.05, 0) is 35.9 Å². The molecule has 0 fully saturated rings. The monoisotopic (exact) mass is 596 g/mol. The van der Waals surface area contributed by atoms with Crippen LogP contribution in [0.5, 0.6) is 5.75 Å². The first kappa shape index (κ1) is 23.2. The Morgan fingerprint density at radius 2 is 1.80 bits per heavy atom. The van der Waals surface area contributed by atoms with Gasteiger partial charge >= 0.3 is 11.9 Å². The van der Waals surface area contributed by atoms with Gasteiger partial charge in [-0.15, -0.1) is 5.92 Å². The molecule has 1 radical (unpaired) electrons. The van der Waals surface area contributed by atoms with Gasteiger partial charge in [0.2, 0.25) is 0 Å². The van der Waals surface area contributed by atoms with Crippen LogP contribution in [0.25, 0.3) is 10.9 Å². The minimum Gasteiger partial charge on any atom is -0.464 e. The van der Waals surface area contributed by atoms with Crippen LogP contribution < -0.4 is 4.74 Å². The fourth-order valence-corrected chi connectivity index (χ4v) is 2.63. The van der Waals surface area contributed by atoms with Crippen LogP contribution in [0.15, 0.2) is 48.7 Å². The van der Waals surface area contributed by atoms with Crippen molar-refractivity contribution in [3.05, 3.63) is 65.6 Å². The summed E-state index contributed by atoms with van der Waals surface area (Å²) in [4.78, 5) is 33.1. The minimum absolute atomic E-state index is 0. The molecule has 0 saturated carbocycles. The second-order valence-electron chi connectivity index (χ2n) is 5.53. The summed E-state index contributed by atoms with van der Waals surface area (Å²) >= 11 is 0. The van der Waals surface area contributed by atoms with Crippen molar-refractivity contribution >= 4 is 33.5 Å². The topological polar surface area (TPSA) is 113 Å². The van der Waals surface area contributed by atoms with Gasteiger partial charge in [-0.25, -0.2) is 14.6 Å². The van der Waals surface area contributed by atoms with Crippen molar-refractivity contribution in [1.82, 2.24) is 9.97 Å². The van der Waals surface area contributed by atoms with Crippen molar-refractivity contribution in [2.24, 2.45) is 0 Å². The second kappa shape index (κ2) is 10.6. The molecular formula is C20H13N2O6ReS-. The minimum atomic E-state index is -2.35. The van der Waals surface area contributed by atoms with E-state index < -0.39 is 28.4 Å². The van der Waals surface area contributed by atoms with Crippen LogP contribution in [0, 0.1) is 11.8 Å². The van der Waals surface area contributed by atoms with Crippen molar-refractivity contribution in [3.8, 4) is 17.6 Å². The van der Waals surface area contributed by atoms with Gasteiger partial charge in [0.1, 0.15) is 11.2 Å². The largest absolute Gasteiger partial charge is 0.464 e. The summed E-state index contributed by atoms with van der Waals surface area (Å²) in [5.41, 5.74) is 0.253. The molecule has 0 spiro atoms. The first-order valence-corrected chi connectivity index (χ1v) is 9.44. The average molecular weight is 596 g/mol. The Balaban J connectivity index is 0.00000320. The Labute approximate surface area is 187 Å². The first-order valence-electron chi connectivity index (χ1n) is 8.20. The van der Waals surface area contributed by atoms with Crippen LogP contribution in [0.3, 0.4) is 0 Å². The number of hydrogen-bond acceptors (Lipinski definition) is 9. The average Bonchev–Trinajstić information content (AvgIpc) is 2.74. The Morgan fingerprint density at radius 1 is 1.07 bits per heavy atom. The molecule has 0 aliphatic heterocycles. The van der Waals surface area contributed by atoms with Gasteiger partial charge in [-0.1, -0.05) is 28.9 Å². The Hall–Kier alpha value is -3.11. The summed E-state index contributed by atoms with van der Waals surface area (Å²) in [6.07, 6.45) is 1.45. The van der Waals surface area contributed by atoms with Crippen molar-refractivity contribution < 1.29 is 47.9 Å². The van der Waals surface area contributed by atoms with E-state index in [0.717, 1.165) is 7.11 Å². The van der Waals surface area contributed by atoms with E-state index in [9.17, 15) is 18.0 Å². The maximum atomic E-state index is 12.5. The van der Waals surface area contributed by atoms with Gasteiger partial charge in [0.25, 0.3) is 0 Å². The second-order valence-corrected chi connectivity index (χ2v) is 6.43. The predicted octanol–water partition coefficient (Wildman–Crippen LogP) is 2.29. The molecule has 0 bridgehead atoms. The molecular weight excluding hydrogens is 583 g/mol. The molecule has 0 unspecified atom stereocenters. The fourth-order valence-electron chi connectivity index (χ4n) is 2.44. The van der Waals surface area contributed by atoms with Crippen LogP contribution in [0.4, 0.5) is 0 Å². The molecule has 2 aromatic heterocycles. The van der Waals surface area contributed by atoms with Gasteiger partial charge in [-0.3, -0.25) is 4.98 Å². The zero-order valence-corrected chi connectivity index (χ0v) is 19.0. The fraction of sp³-hybridized carbons (Fsp3) is 0.100. The number of ether oxygens (including phenoxy) is 2. The molecule has 1 aromatic carbocycles. The summed E-state index contributed by atoms with van der Waals surface area (Å²) in [5.74, 6) is 2.93. The van der Waals surface area contributed by atoms with E-state index >= 15 is 0 Å². The third-order valence-electron chi connectivity index (χ3n) is 3.70. The molecule has 3 aromatic rings. The maximum absolute atomic E-state index is 12.5. The summed E-state index contributed by atoms with van der Waals surface area (Å²) < 4.78 is 31.6. The third kappa shape index (κ3) is 5.28. The van der Waals surface area contributed by atoms with Crippen molar-refractivity contribution in [3.63, 3.8) is 0 Å². The van der Waals surface area contributed by atoms with Crippen molar-refractivity contribution in [2.45, 2.75) is 0 Å². The number of fused-ring (bicyclic) bond motifs is 1. The van der Waals surface area contributed by atoms with Gasteiger partial charge in [0, 0.05) is 32.0 Å². The number of pyridine rings is 2. The molecule has 153 valence electrons. The number of esters is 2. The quantitative estimate of drug-likeness (QED) is 0.257. The van der Waals surface area contributed by atoms with E-state index in [0.29, 0.717) is 5.39 Å². The molecule has 2 heterocycles. The number of rotatable bonds is 4. The molecule has 0 saturated heterocycles. The number of benzene rings is 1. The number of carbonyl (C=O) groups is 2. The third-order valence-corrected chi connectivity index (χ3v) is 4.08. The Morgan fingerprint density at radius 3 is 2.47 bits per heavy atom. The molecule has 30 heavy (non-hydrogen) atoms. The molecule has 3 rings (SSSR count). The van der Waals surface area contributed by atoms with Crippen LogP contribution in [-0.2, 0) is 44.3 Å².